The van der Waals surface area contributed by atoms with E-state index >= 15 is 0 Å². The van der Waals surface area contributed by atoms with E-state index in [1.807, 2.05) is 6.08 Å². The van der Waals surface area contributed by atoms with Crippen molar-refractivity contribution in [2.75, 3.05) is 0 Å². The van der Waals surface area contributed by atoms with Crippen LogP contribution >= 0.6 is 0 Å². The van der Waals surface area contributed by atoms with Gasteiger partial charge in [-0.15, -0.1) is 0 Å². The molecule has 0 radical (unpaired) electrons. The summed E-state index contributed by atoms with van der Waals surface area (Å²) in [6, 6.07) is 0. The molecule has 2 nitrogen and oxygen atoms in total. The summed E-state index contributed by atoms with van der Waals surface area (Å²) in [5.41, 5.74) is 1.95. The van der Waals surface area contributed by atoms with E-state index < -0.39 is 0 Å². The van der Waals surface area contributed by atoms with Gasteiger partial charge in [-0.2, -0.15) is 0 Å². The summed E-state index contributed by atoms with van der Waals surface area (Å²) < 4.78 is 0. The maximum Gasteiger partial charge on any atom is 2.00 e. The van der Waals surface area contributed by atoms with Crippen LogP contribution in [0.25, 0.3) is 0 Å². The molecule has 0 bridgehead atoms. The molecule has 0 heterocycles. The molecule has 0 aliphatic heterocycles. The fraction of sp³-hybridized carbons (Fsp3) is 0.810. The average molecular weight is 404 g/mol. The molecule has 3 fully saturated rings. The molecule has 0 unspecified atom stereocenters. The first-order valence-electron chi connectivity index (χ1n) is 9.60. The Hall–Kier alpha value is 0.470. The number of carbonyl (C=O) groups excluding carboxylic acids is 2. The summed E-state index contributed by atoms with van der Waals surface area (Å²) in [4.78, 5) is 24.0. The SMILES string of the molecule is CC(=O)[C@H]1CC[C@H]2[C@@H]3CCC4=CC(=O)CC[C@]4(C)[C@H]3CC[C@]12C.[Mg+2].[Zn]. The summed E-state index contributed by atoms with van der Waals surface area (Å²) in [5, 5.41) is 0. The molecule has 25 heavy (non-hydrogen) atoms. The Morgan fingerprint density at radius 2 is 1.76 bits per heavy atom. The Bertz CT molecular complexity index is 601. The molecule has 0 N–H and O–H groups in total. The minimum Gasteiger partial charge on any atom is -0.300 e. The third kappa shape index (κ3) is 3.17. The van der Waals surface area contributed by atoms with Gasteiger partial charge in [0.15, 0.2) is 5.78 Å². The molecule has 4 aliphatic rings. The van der Waals surface area contributed by atoms with Gasteiger partial charge in [-0.25, -0.2) is 0 Å². The number of rotatable bonds is 1. The van der Waals surface area contributed by atoms with Crippen molar-refractivity contribution in [3.63, 3.8) is 0 Å². The Kier molecular flexibility index (Phi) is 6.51. The molecule has 4 heteroatoms. The summed E-state index contributed by atoms with van der Waals surface area (Å²) in [6.45, 7) is 6.65. The molecule has 3 saturated carbocycles. The van der Waals surface area contributed by atoms with Gasteiger partial charge < -0.3 is 0 Å². The summed E-state index contributed by atoms with van der Waals surface area (Å²) >= 11 is 0. The number of carbonyl (C=O) groups is 2. The van der Waals surface area contributed by atoms with Gasteiger partial charge in [-0.3, -0.25) is 9.59 Å². The Labute approximate surface area is 181 Å². The van der Waals surface area contributed by atoms with Crippen LogP contribution in [-0.4, -0.2) is 34.6 Å². The molecular formula is C21H30MgO2Zn+2. The van der Waals surface area contributed by atoms with Crippen LogP contribution in [-0.2, 0) is 29.1 Å². The first-order chi connectivity index (χ1) is 10.9. The van der Waals surface area contributed by atoms with Crippen molar-refractivity contribution in [3.8, 4) is 0 Å². The third-order valence-electron chi connectivity index (χ3n) is 8.45. The second-order valence-corrected chi connectivity index (χ2v) is 9.25. The predicted molar refractivity (Wildman–Crippen MR) is 96.6 cm³/mol. The zero-order valence-electron chi connectivity index (χ0n) is 16.3. The van der Waals surface area contributed by atoms with E-state index in [9.17, 15) is 9.59 Å². The van der Waals surface area contributed by atoms with Crippen LogP contribution in [0.2, 0.25) is 0 Å². The molecule has 0 spiro atoms. The standard InChI is InChI=1S/C21H30O2.Mg.Zn/c1-13(22)17-6-7-18-16-5-4-14-12-15(23)8-10-20(14,2)19(16)9-11-21(17,18)3;;/h12,16-19H,4-11H2,1-3H3;;/q;+2;/t16-,17+,18-,19-,20-,21+;;/m0../s1. The van der Waals surface area contributed by atoms with Crippen LogP contribution in [0.5, 0.6) is 0 Å². The van der Waals surface area contributed by atoms with Crippen LogP contribution in [0.15, 0.2) is 11.6 Å². The Balaban J connectivity index is 0.00000113. The van der Waals surface area contributed by atoms with E-state index in [1.54, 1.807) is 6.92 Å². The van der Waals surface area contributed by atoms with Gasteiger partial charge in [0, 0.05) is 31.8 Å². The zero-order chi connectivity index (χ0) is 16.4. The minimum atomic E-state index is 0. The molecule has 128 valence electrons. The van der Waals surface area contributed by atoms with Crippen molar-refractivity contribution in [2.24, 2.45) is 34.5 Å². The maximum absolute atomic E-state index is 12.1. The van der Waals surface area contributed by atoms with Crippen molar-refractivity contribution in [3.05, 3.63) is 11.6 Å². The number of hydrogen-bond acceptors (Lipinski definition) is 2. The van der Waals surface area contributed by atoms with Crippen LogP contribution in [0.1, 0.15) is 72.1 Å². The number of hydrogen-bond donors (Lipinski definition) is 0. The molecule has 6 atom stereocenters. The van der Waals surface area contributed by atoms with Crippen LogP contribution in [0.3, 0.4) is 0 Å². The molecule has 0 aromatic heterocycles. The van der Waals surface area contributed by atoms with Gasteiger partial charge in [-0.05, 0) is 86.5 Å². The fourth-order valence-electron chi connectivity index (χ4n) is 7.23. The second-order valence-electron chi connectivity index (χ2n) is 9.25. The van der Waals surface area contributed by atoms with Crippen molar-refractivity contribution in [2.45, 2.75) is 72.1 Å². The molecule has 0 amide bonds. The summed E-state index contributed by atoms with van der Waals surface area (Å²) in [6.07, 6.45) is 10.9. The average Bonchev–Trinajstić information content (AvgIpc) is 2.85. The molecular weight excluding hydrogens is 374 g/mol. The van der Waals surface area contributed by atoms with Gasteiger partial charge in [0.25, 0.3) is 0 Å². The van der Waals surface area contributed by atoms with E-state index in [4.69, 9.17) is 0 Å². The van der Waals surface area contributed by atoms with E-state index in [0.29, 0.717) is 17.5 Å². The van der Waals surface area contributed by atoms with Gasteiger partial charge in [0.1, 0.15) is 5.78 Å². The quantitative estimate of drug-likeness (QED) is 0.610. The smallest absolute Gasteiger partial charge is 0.300 e. The van der Waals surface area contributed by atoms with Crippen LogP contribution in [0, 0.1) is 34.5 Å². The van der Waals surface area contributed by atoms with Crippen molar-refractivity contribution in [1.82, 2.24) is 0 Å². The normalized spacial score (nSPS) is 45.1. The topological polar surface area (TPSA) is 34.1 Å². The number of allylic oxidation sites excluding steroid dienone is 1. The third-order valence-corrected chi connectivity index (χ3v) is 8.45. The first-order valence-corrected chi connectivity index (χ1v) is 9.60. The van der Waals surface area contributed by atoms with Crippen LogP contribution < -0.4 is 0 Å². The zero-order valence-corrected chi connectivity index (χ0v) is 20.7. The molecule has 0 saturated heterocycles. The van der Waals surface area contributed by atoms with Crippen LogP contribution in [0.4, 0.5) is 0 Å². The molecule has 0 aromatic rings. The summed E-state index contributed by atoms with van der Waals surface area (Å²) in [7, 11) is 0. The van der Waals surface area contributed by atoms with Crippen molar-refractivity contribution in [1.29, 1.82) is 0 Å². The van der Waals surface area contributed by atoms with E-state index in [1.165, 1.54) is 31.3 Å². The fourth-order valence-corrected chi connectivity index (χ4v) is 7.23. The minimum absolute atomic E-state index is 0. The summed E-state index contributed by atoms with van der Waals surface area (Å²) in [5.74, 6) is 3.29. The maximum atomic E-state index is 12.1. The van der Waals surface area contributed by atoms with E-state index in [2.05, 4.69) is 13.8 Å². The van der Waals surface area contributed by atoms with Crippen molar-refractivity contribution < 1.29 is 29.1 Å². The van der Waals surface area contributed by atoms with Gasteiger partial charge in [-0.1, -0.05) is 19.4 Å². The van der Waals surface area contributed by atoms with Gasteiger partial charge in [0.05, 0.1) is 0 Å². The van der Waals surface area contributed by atoms with E-state index in [-0.39, 0.29) is 53.4 Å². The number of fused-ring (bicyclic) bond motifs is 5. The number of Topliss-reactive ketones (excluding diaryl/α,β-unsaturated/α-hetero) is 1. The monoisotopic (exact) mass is 402 g/mol. The Morgan fingerprint density at radius 3 is 2.44 bits per heavy atom. The van der Waals surface area contributed by atoms with Crippen molar-refractivity contribution >= 4 is 34.6 Å². The molecule has 4 aliphatic carbocycles. The van der Waals surface area contributed by atoms with Gasteiger partial charge in [0.2, 0.25) is 0 Å². The molecule has 0 aromatic carbocycles. The second kappa shape index (κ2) is 7.47. The number of ketones is 2. The van der Waals surface area contributed by atoms with Gasteiger partial charge >= 0.3 is 23.1 Å². The molecule has 4 rings (SSSR count). The predicted octanol–water partition coefficient (Wildman–Crippen LogP) is 4.34. The largest absolute Gasteiger partial charge is 2.00 e. The first kappa shape index (κ1) is 21.8. The van der Waals surface area contributed by atoms with E-state index in [0.717, 1.165) is 43.4 Å². The Morgan fingerprint density at radius 1 is 1.04 bits per heavy atom.